The average Bonchev–Trinajstić information content (AvgIpc) is 2.97. The summed E-state index contributed by atoms with van der Waals surface area (Å²) in [6.45, 7) is 2.98. The average molecular weight is 282 g/mol. The maximum atomic E-state index is 4.48. The largest absolute Gasteiger partial charge is 0.308 e. The second-order valence-electron chi connectivity index (χ2n) is 4.88. The minimum atomic E-state index is -0.00745. The van der Waals surface area contributed by atoms with Crippen molar-refractivity contribution in [1.29, 1.82) is 0 Å². The van der Waals surface area contributed by atoms with Crippen LogP contribution in [-0.2, 0) is 6.54 Å². The fraction of sp³-hybridized carbons (Fsp3) is 0.333. The first-order valence-corrected chi connectivity index (χ1v) is 7.10. The van der Waals surface area contributed by atoms with Crippen LogP contribution in [0.1, 0.15) is 30.6 Å². The fourth-order valence-corrected chi connectivity index (χ4v) is 2.59. The molecule has 0 aliphatic carbocycles. The molecule has 0 amide bonds. The van der Waals surface area contributed by atoms with Crippen LogP contribution in [0.5, 0.6) is 0 Å². The summed E-state index contributed by atoms with van der Waals surface area (Å²) in [5.74, 6) is 0. The summed E-state index contributed by atoms with van der Waals surface area (Å²) in [4.78, 5) is 8.85. The van der Waals surface area contributed by atoms with Crippen molar-refractivity contribution in [2.75, 3.05) is 7.05 Å². The van der Waals surface area contributed by atoms with E-state index in [9.17, 15) is 0 Å². The molecule has 0 fully saturated rings. The van der Waals surface area contributed by atoms with Crippen LogP contribution in [-0.4, -0.2) is 32.0 Å². The highest BCUT2D eigenvalue weighted by Crippen LogP contribution is 2.26. The predicted molar refractivity (Wildman–Crippen MR) is 80.8 cm³/mol. The van der Waals surface area contributed by atoms with Crippen molar-refractivity contribution in [3.05, 3.63) is 48.0 Å². The zero-order valence-electron chi connectivity index (χ0n) is 12.2. The van der Waals surface area contributed by atoms with Crippen LogP contribution in [0.25, 0.3) is 11.0 Å². The zero-order valence-corrected chi connectivity index (χ0v) is 12.2. The van der Waals surface area contributed by atoms with E-state index in [-0.39, 0.29) is 6.04 Å². The van der Waals surface area contributed by atoms with Gasteiger partial charge in [-0.05, 0) is 19.5 Å². The van der Waals surface area contributed by atoms with Crippen molar-refractivity contribution in [3.8, 4) is 0 Å². The van der Waals surface area contributed by atoms with Crippen molar-refractivity contribution in [2.24, 2.45) is 0 Å². The van der Waals surface area contributed by atoms with Crippen LogP contribution in [0.3, 0.4) is 0 Å². The Morgan fingerprint density at radius 2 is 2.10 bits per heavy atom. The zero-order chi connectivity index (χ0) is 14.7. The summed E-state index contributed by atoms with van der Waals surface area (Å²) >= 11 is 0. The number of aryl methyl sites for hydroxylation is 1. The molecule has 1 unspecified atom stereocenters. The van der Waals surface area contributed by atoms with Crippen LogP contribution in [0.2, 0.25) is 0 Å². The molecule has 6 nitrogen and oxygen atoms in total. The van der Waals surface area contributed by atoms with Gasteiger partial charge in [0.2, 0.25) is 0 Å². The Hall–Kier alpha value is -2.34. The van der Waals surface area contributed by atoms with Crippen molar-refractivity contribution in [3.63, 3.8) is 0 Å². The van der Waals surface area contributed by atoms with Crippen LogP contribution >= 0.6 is 0 Å². The van der Waals surface area contributed by atoms with E-state index in [2.05, 4.69) is 38.6 Å². The van der Waals surface area contributed by atoms with E-state index < -0.39 is 0 Å². The lowest BCUT2D eigenvalue weighted by Crippen LogP contribution is -2.22. The third-order valence-electron chi connectivity index (χ3n) is 3.51. The van der Waals surface area contributed by atoms with Crippen LogP contribution in [0.15, 0.2) is 36.8 Å². The third kappa shape index (κ3) is 2.50. The SMILES string of the molecule is CCCn1nncc1C(NC)c1cccc2nccnc12. The lowest BCUT2D eigenvalue weighted by molar-refractivity contribution is 0.524. The molecule has 3 rings (SSSR count). The Morgan fingerprint density at radius 3 is 2.90 bits per heavy atom. The lowest BCUT2D eigenvalue weighted by Gasteiger charge is -2.18. The van der Waals surface area contributed by atoms with Gasteiger partial charge in [-0.25, -0.2) is 4.68 Å². The van der Waals surface area contributed by atoms with Crippen LogP contribution < -0.4 is 5.32 Å². The number of hydrogen-bond acceptors (Lipinski definition) is 5. The number of benzene rings is 1. The summed E-state index contributed by atoms with van der Waals surface area (Å²) in [7, 11) is 1.93. The summed E-state index contributed by atoms with van der Waals surface area (Å²) in [5, 5.41) is 11.6. The summed E-state index contributed by atoms with van der Waals surface area (Å²) < 4.78 is 1.94. The standard InChI is InChI=1S/C15H18N6/c1-3-9-21-13(10-19-20-21)15(16-2)11-5-4-6-12-14(11)18-8-7-17-12/h4-8,10,15-16H,3,9H2,1-2H3. The molecule has 6 heteroatoms. The van der Waals surface area contributed by atoms with Gasteiger partial charge in [-0.1, -0.05) is 24.3 Å². The van der Waals surface area contributed by atoms with Crippen molar-refractivity contribution in [2.45, 2.75) is 25.9 Å². The van der Waals surface area contributed by atoms with Gasteiger partial charge in [0.1, 0.15) is 0 Å². The van der Waals surface area contributed by atoms with E-state index in [4.69, 9.17) is 0 Å². The first kappa shape index (κ1) is 13.6. The number of rotatable bonds is 5. The third-order valence-corrected chi connectivity index (χ3v) is 3.51. The highest BCUT2D eigenvalue weighted by atomic mass is 15.4. The minimum Gasteiger partial charge on any atom is -0.308 e. The summed E-state index contributed by atoms with van der Waals surface area (Å²) in [6.07, 6.45) is 6.26. The molecule has 0 radical (unpaired) electrons. The Kier molecular flexibility index (Phi) is 3.87. The Balaban J connectivity index is 2.12. The molecule has 1 N–H and O–H groups in total. The van der Waals surface area contributed by atoms with E-state index >= 15 is 0 Å². The maximum absolute atomic E-state index is 4.48. The molecule has 0 aliphatic rings. The number of nitrogens with zero attached hydrogens (tertiary/aromatic N) is 5. The van der Waals surface area contributed by atoms with Gasteiger partial charge < -0.3 is 5.32 Å². The van der Waals surface area contributed by atoms with Gasteiger partial charge in [-0.2, -0.15) is 0 Å². The quantitative estimate of drug-likeness (QED) is 0.774. The van der Waals surface area contributed by atoms with Gasteiger partial charge in [0, 0.05) is 24.5 Å². The number of fused-ring (bicyclic) bond motifs is 1. The molecule has 1 atom stereocenters. The number of aromatic nitrogens is 5. The minimum absolute atomic E-state index is 0.00745. The second kappa shape index (κ2) is 5.97. The maximum Gasteiger partial charge on any atom is 0.0938 e. The summed E-state index contributed by atoms with van der Waals surface area (Å²) in [6, 6.07) is 6.04. The predicted octanol–water partition coefficient (Wildman–Crippen LogP) is 1.94. The van der Waals surface area contributed by atoms with Crippen molar-refractivity contribution >= 4 is 11.0 Å². The number of hydrogen-bond donors (Lipinski definition) is 1. The van der Waals surface area contributed by atoms with Gasteiger partial charge in [0.15, 0.2) is 0 Å². The first-order chi connectivity index (χ1) is 10.3. The number of para-hydroxylation sites is 1. The Morgan fingerprint density at radius 1 is 1.24 bits per heavy atom. The molecule has 3 aromatic rings. The molecule has 2 aromatic heterocycles. The Labute approximate surface area is 123 Å². The molecule has 2 heterocycles. The van der Waals surface area contributed by atoms with Gasteiger partial charge >= 0.3 is 0 Å². The van der Waals surface area contributed by atoms with Crippen molar-refractivity contribution < 1.29 is 0 Å². The highest BCUT2D eigenvalue weighted by Gasteiger charge is 2.20. The topological polar surface area (TPSA) is 68.5 Å². The Bertz CT molecular complexity index is 730. The molecule has 108 valence electrons. The van der Waals surface area contributed by atoms with E-state index in [0.29, 0.717) is 0 Å². The first-order valence-electron chi connectivity index (χ1n) is 7.10. The summed E-state index contributed by atoms with van der Waals surface area (Å²) in [5.41, 5.74) is 3.92. The van der Waals surface area contributed by atoms with E-state index in [1.54, 1.807) is 12.4 Å². The molecule has 0 saturated carbocycles. The second-order valence-corrected chi connectivity index (χ2v) is 4.88. The van der Waals surface area contributed by atoms with Gasteiger partial charge in [-0.3, -0.25) is 9.97 Å². The highest BCUT2D eigenvalue weighted by molar-refractivity contribution is 5.78. The van der Waals surface area contributed by atoms with E-state index in [0.717, 1.165) is 35.3 Å². The molecular formula is C15H18N6. The van der Waals surface area contributed by atoms with Gasteiger partial charge in [0.05, 0.1) is 29.0 Å². The van der Waals surface area contributed by atoms with E-state index in [1.165, 1.54) is 0 Å². The fourth-order valence-electron chi connectivity index (χ4n) is 2.59. The molecular weight excluding hydrogens is 264 g/mol. The van der Waals surface area contributed by atoms with Crippen molar-refractivity contribution in [1.82, 2.24) is 30.3 Å². The van der Waals surface area contributed by atoms with Gasteiger partial charge in [-0.15, -0.1) is 5.10 Å². The molecule has 21 heavy (non-hydrogen) atoms. The smallest absolute Gasteiger partial charge is 0.0938 e. The molecule has 1 aromatic carbocycles. The molecule has 0 saturated heterocycles. The molecule has 0 aliphatic heterocycles. The normalized spacial score (nSPS) is 12.7. The van der Waals surface area contributed by atoms with Crippen LogP contribution in [0.4, 0.5) is 0 Å². The lowest BCUT2D eigenvalue weighted by atomic mass is 10.0. The van der Waals surface area contributed by atoms with Crippen LogP contribution in [0, 0.1) is 0 Å². The van der Waals surface area contributed by atoms with Gasteiger partial charge in [0.25, 0.3) is 0 Å². The monoisotopic (exact) mass is 282 g/mol. The molecule has 0 spiro atoms. The van der Waals surface area contributed by atoms with E-state index in [1.807, 2.05) is 30.1 Å². The number of nitrogens with one attached hydrogen (secondary N) is 1. The molecule has 0 bridgehead atoms.